The average molecular weight is 256 g/mol. The van der Waals surface area contributed by atoms with Crippen LogP contribution in [0, 0.1) is 11.8 Å². The molecule has 2 aromatic rings. The molecule has 0 spiro atoms. The third-order valence-corrected chi connectivity index (χ3v) is 4.04. The monoisotopic (exact) mass is 256 g/mol. The van der Waals surface area contributed by atoms with E-state index in [1.54, 1.807) is 0 Å². The first kappa shape index (κ1) is 12.4. The fraction of sp³-hybridized carbons (Fsp3) is 0.500. The van der Waals surface area contributed by atoms with Crippen molar-refractivity contribution in [1.29, 1.82) is 0 Å². The van der Waals surface area contributed by atoms with Gasteiger partial charge in [0.1, 0.15) is 11.6 Å². The molecule has 1 heterocycles. The second kappa shape index (κ2) is 4.80. The SMILES string of the molecule is CCCn1c(CC(=O)C2CC2C)nc2ccccc21. The summed E-state index contributed by atoms with van der Waals surface area (Å²) in [6.07, 6.45) is 2.61. The zero-order valence-electron chi connectivity index (χ0n) is 11.6. The Balaban J connectivity index is 1.93. The van der Waals surface area contributed by atoms with Gasteiger partial charge in [0.15, 0.2) is 0 Å². The van der Waals surface area contributed by atoms with E-state index in [0.717, 1.165) is 36.2 Å². The number of fused-ring (bicyclic) bond motifs is 1. The van der Waals surface area contributed by atoms with Gasteiger partial charge in [-0.3, -0.25) is 4.79 Å². The summed E-state index contributed by atoms with van der Waals surface area (Å²) >= 11 is 0. The van der Waals surface area contributed by atoms with Crippen LogP contribution < -0.4 is 0 Å². The van der Waals surface area contributed by atoms with Gasteiger partial charge in [-0.05, 0) is 30.9 Å². The molecule has 3 nitrogen and oxygen atoms in total. The standard InChI is InChI=1S/C16H20N2O/c1-3-8-18-14-7-5-4-6-13(14)17-16(18)10-15(19)12-9-11(12)2/h4-7,11-12H,3,8-10H2,1-2H3. The molecule has 1 saturated carbocycles. The van der Waals surface area contributed by atoms with Gasteiger partial charge in [0.05, 0.1) is 17.5 Å². The smallest absolute Gasteiger partial charge is 0.143 e. The second-order valence-electron chi connectivity index (χ2n) is 5.63. The lowest BCUT2D eigenvalue weighted by Crippen LogP contribution is -2.12. The lowest BCUT2D eigenvalue weighted by atomic mass is 10.1. The molecule has 0 radical (unpaired) electrons. The van der Waals surface area contributed by atoms with Crippen LogP contribution in [0.5, 0.6) is 0 Å². The Morgan fingerprint density at radius 1 is 1.42 bits per heavy atom. The molecule has 3 heteroatoms. The largest absolute Gasteiger partial charge is 0.328 e. The molecule has 1 aromatic carbocycles. The third kappa shape index (κ3) is 2.29. The fourth-order valence-electron chi connectivity index (χ4n) is 2.79. The highest BCUT2D eigenvalue weighted by molar-refractivity contribution is 5.86. The van der Waals surface area contributed by atoms with Crippen LogP contribution in [0.15, 0.2) is 24.3 Å². The van der Waals surface area contributed by atoms with Gasteiger partial charge in [-0.2, -0.15) is 0 Å². The highest BCUT2D eigenvalue weighted by Gasteiger charge is 2.39. The van der Waals surface area contributed by atoms with E-state index in [1.165, 1.54) is 0 Å². The summed E-state index contributed by atoms with van der Waals surface area (Å²) in [4.78, 5) is 16.8. The zero-order valence-corrected chi connectivity index (χ0v) is 11.6. The number of Topliss-reactive ketones (excluding diaryl/α,β-unsaturated/α-hetero) is 1. The van der Waals surface area contributed by atoms with E-state index < -0.39 is 0 Å². The van der Waals surface area contributed by atoms with Gasteiger partial charge in [-0.25, -0.2) is 4.98 Å². The van der Waals surface area contributed by atoms with E-state index in [-0.39, 0.29) is 5.92 Å². The van der Waals surface area contributed by atoms with Crippen molar-refractivity contribution >= 4 is 16.8 Å². The molecular weight excluding hydrogens is 236 g/mol. The first-order chi connectivity index (χ1) is 9.20. The van der Waals surface area contributed by atoms with Crippen molar-refractivity contribution in [2.45, 2.75) is 39.7 Å². The maximum Gasteiger partial charge on any atom is 0.143 e. The summed E-state index contributed by atoms with van der Waals surface area (Å²) in [7, 11) is 0. The van der Waals surface area contributed by atoms with Crippen LogP contribution in [0.4, 0.5) is 0 Å². The maximum absolute atomic E-state index is 12.2. The number of nitrogens with zero attached hydrogens (tertiary/aromatic N) is 2. The summed E-state index contributed by atoms with van der Waals surface area (Å²) in [6.45, 7) is 5.24. The van der Waals surface area contributed by atoms with Crippen molar-refractivity contribution in [3.8, 4) is 0 Å². The maximum atomic E-state index is 12.2. The number of imidazole rings is 1. The van der Waals surface area contributed by atoms with Crippen LogP contribution in [0.2, 0.25) is 0 Å². The highest BCUT2D eigenvalue weighted by Crippen LogP contribution is 2.39. The number of aromatic nitrogens is 2. The fourth-order valence-corrected chi connectivity index (χ4v) is 2.79. The van der Waals surface area contributed by atoms with E-state index in [4.69, 9.17) is 0 Å². The van der Waals surface area contributed by atoms with Crippen molar-refractivity contribution in [3.05, 3.63) is 30.1 Å². The molecule has 1 aliphatic rings. The summed E-state index contributed by atoms with van der Waals surface area (Å²) in [6, 6.07) is 8.14. The van der Waals surface area contributed by atoms with Gasteiger partial charge < -0.3 is 4.57 Å². The van der Waals surface area contributed by atoms with E-state index in [9.17, 15) is 4.79 Å². The van der Waals surface area contributed by atoms with Crippen molar-refractivity contribution in [2.75, 3.05) is 0 Å². The van der Waals surface area contributed by atoms with Gasteiger partial charge in [-0.15, -0.1) is 0 Å². The number of carbonyl (C=O) groups is 1. The van der Waals surface area contributed by atoms with Crippen LogP contribution in [0.25, 0.3) is 11.0 Å². The topological polar surface area (TPSA) is 34.9 Å². The van der Waals surface area contributed by atoms with Gasteiger partial charge in [-0.1, -0.05) is 26.0 Å². The molecule has 2 unspecified atom stereocenters. The van der Waals surface area contributed by atoms with Crippen LogP contribution in [-0.4, -0.2) is 15.3 Å². The lowest BCUT2D eigenvalue weighted by Gasteiger charge is -2.07. The van der Waals surface area contributed by atoms with Gasteiger partial charge in [0, 0.05) is 12.5 Å². The Morgan fingerprint density at radius 2 is 2.16 bits per heavy atom. The number of rotatable bonds is 5. The first-order valence-corrected chi connectivity index (χ1v) is 7.17. The lowest BCUT2D eigenvalue weighted by molar-refractivity contribution is -0.120. The molecule has 1 aliphatic carbocycles. The average Bonchev–Trinajstić information content (AvgIpc) is 3.04. The first-order valence-electron chi connectivity index (χ1n) is 7.17. The summed E-state index contributed by atoms with van der Waals surface area (Å²) in [5.74, 6) is 2.17. The number of hydrogen-bond acceptors (Lipinski definition) is 2. The number of carbonyl (C=O) groups excluding carboxylic acids is 1. The molecule has 0 saturated heterocycles. The predicted molar refractivity (Wildman–Crippen MR) is 76.0 cm³/mol. The zero-order chi connectivity index (χ0) is 13.4. The van der Waals surface area contributed by atoms with Crippen molar-refractivity contribution in [3.63, 3.8) is 0 Å². The molecule has 2 atom stereocenters. The van der Waals surface area contributed by atoms with Crippen LogP contribution in [0.1, 0.15) is 32.5 Å². The Kier molecular flexibility index (Phi) is 3.13. The molecule has 100 valence electrons. The van der Waals surface area contributed by atoms with Crippen molar-refractivity contribution in [1.82, 2.24) is 9.55 Å². The molecule has 1 fully saturated rings. The molecule has 0 amide bonds. The van der Waals surface area contributed by atoms with E-state index >= 15 is 0 Å². The summed E-state index contributed by atoms with van der Waals surface area (Å²) in [5, 5.41) is 0. The number of ketones is 1. The quantitative estimate of drug-likeness (QED) is 0.823. The third-order valence-electron chi connectivity index (χ3n) is 4.04. The van der Waals surface area contributed by atoms with Gasteiger partial charge >= 0.3 is 0 Å². The minimum Gasteiger partial charge on any atom is -0.328 e. The van der Waals surface area contributed by atoms with Gasteiger partial charge in [0.2, 0.25) is 0 Å². The van der Waals surface area contributed by atoms with E-state index in [0.29, 0.717) is 18.1 Å². The Labute approximate surface area is 113 Å². The van der Waals surface area contributed by atoms with Crippen LogP contribution >= 0.6 is 0 Å². The predicted octanol–water partition coefficient (Wildman–Crippen LogP) is 3.21. The molecule has 3 rings (SSSR count). The van der Waals surface area contributed by atoms with E-state index in [1.807, 2.05) is 18.2 Å². The molecule has 0 aliphatic heterocycles. The number of hydrogen-bond donors (Lipinski definition) is 0. The molecule has 0 bridgehead atoms. The molecule has 1 aromatic heterocycles. The Morgan fingerprint density at radius 3 is 2.84 bits per heavy atom. The Bertz CT molecular complexity index is 614. The number of para-hydroxylation sites is 2. The molecular formula is C16H20N2O. The minimum atomic E-state index is 0.287. The van der Waals surface area contributed by atoms with Crippen LogP contribution in [-0.2, 0) is 17.8 Å². The Hall–Kier alpha value is -1.64. The summed E-state index contributed by atoms with van der Waals surface area (Å²) < 4.78 is 2.21. The van der Waals surface area contributed by atoms with Crippen molar-refractivity contribution in [2.24, 2.45) is 11.8 Å². The molecule has 0 N–H and O–H groups in total. The van der Waals surface area contributed by atoms with Crippen LogP contribution in [0.3, 0.4) is 0 Å². The van der Waals surface area contributed by atoms with E-state index in [2.05, 4.69) is 29.5 Å². The summed E-state index contributed by atoms with van der Waals surface area (Å²) in [5.41, 5.74) is 2.15. The number of benzene rings is 1. The second-order valence-corrected chi connectivity index (χ2v) is 5.63. The normalized spacial score (nSPS) is 21.8. The minimum absolute atomic E-state index is 0.287. The number of aryl methyl sites for hydroxylation is 1. The van der Waals surface area contributed by atoms with Crippen molar-refractivity contribution < 1.29 is 4.79 Å². The highest BCUT2D eigenvalue weighted by atomic mass is 16.1. The van der Waals surface area contributed by atoms with Gasteiger partial charge in [0.25, 0.3) is 0 Å². The molecule has 19 heavy (non-hydrogen) atoms.